The number of oxazole rings is 1. The Balaban J connectivity index is 1.92. The highest BCUT2D eigenvalue weighted by atomic mass is 16.5. The van der Waals surface area contributed by atoms with Crippen LogP contribution in [0, 0.1) is 13.8 Å². The van der Waals surface area contributed by atoms with Crippen molar-refractivity contribution in [2.75, 3.05) is 0 Å². The molecule has 1 amide bonds. The van der Waals surface area contributed by atoms with Gasteiger partial charge in [-0.25, -0.2) is 4.98 Å². The summed E-state index contributed by atoms with van der Waals surface area (Å²) in [7, 11) is 0. The Morgan fingerprint density at radius 2 is 2.14 bits per heavy atom. The van der Waals surface area contributed by atoms with Crippen molar-refractivity contribution >= 4 is 5.91 Å². The van der Waals surface area contributed by atoms with E-state index < -0.39 is 0 Å². The molecule has 0 bridgehead atoms. The lowest BCUT2D eigenvalue weighted by Gasteiger charge is -2.38. The van der Waals surface area contributed by atoms with Crippen LogP contribution < -0.4 is 10.1 Å². The van der Waals surface area contributed by atoms with E-state index in [2.05, 4.69) is 16.4 Å². The molecule has 1 atom stereocenters. The summed E-state index contributed by atoms with van der Waals surface area (Å²) in [4.78, 5) is 16.4. The molecule has 0 spiro atoms. The average molecular weight is 300 g/mol. The van der Waals surface area contributed by atoms with Crippen LogP contribution in [-0.2, 0) is 0 Å². The van der Waals surface area contributed by atoms with Gasteiger partial charge in [0.2, 0.25) is 0 Å². The highest BCUT2D eigenvalue weighted by Gasteiger charge is 2.35. The van der Waals surface area contributed by atoms with E-state index in [0.717, 1.165) is 16.9 Å². The normalized spacial score (nSPS) is 19.2. The van der Waals surface area contributed by atoms with Gasteiger partial charge in [-0.15, -0.1) is 0 Å². The number of nitrogens with one attached hydrogen (secondary N) is 1. The lowest BCUT2D eigenvalue weighted by atomic mass is 9.89. The van der Waals surface area contributed by atoms with E-state index in [0.29, 0.717) is 17.9 Å². The maximum absolute atomic E-state index is 12.4. The van der Waals surface area contributed by atoms with Gasteiger partial charge in [0, 0.05) is 12.0 Å². The Bertz CT molecular complexity index is 718. The predicted octanol–water partition coefficient (Wildman–Crippen LogP) is 3.32. The number of hydrogen-bond donors (Lipinski definition) is 1. The molecule has 0 aliphatic carbocycles. The van der Waals surface area contributed by atoms with Crippen molar-refractivity contribution < 1.29 is 13.9 Å². The zero-order valence-electron chi connectivity index (χ0n) is 13.3. The second kappa shape index (κ2) is 5.16. The molecule has 2 aromatic rings. The zero-order chi connectivity index (χ0) is 15.9. The zero-order valence-corrected chi connectivity index (χ0v) is 13.3. The molecule has 116 valence electrons. The SMILES string of the molecule is Cc1ccc2c(c1)[C@H](NC(=O)c1ncoc1C)CC(C)(C)O2. The van der Waals surface area contributed by atoms with E-state index in [1.807, 2.05) is 32.9 Å². The van der Waals surface area contributed by atoms with Crippen molar-refractivity contribution in [3.63, 3.8) is 0 Å². The summed E-state index contributed by atoms with van der Waals surface area (Å²) in [5.74, 6) is 1.12. The lowest BCUT2D eigenvalue weighted by Crippen LogP contribution is -2.41. The van der Waals surface area contributed by atoms with E-state index in [1.54, 1.807) is 6.92 Å². The largest absolute Gasteiger partial charge is 0.487 e. The van der Waals surface area contributed by atoms with E-state index in [-0.39, 0.29) is 17.6 Å². The summed E-state index contributed by atoms with van der Waals surface area (Å²) < 4.78 is 11.1. The minimum Gasteiger partial charge on any atom is -0.487 e. The first-order valence-corrected chi connectivity index (χ1v) is 7.36. The molecule has 5 heteroatoms. The number of aromatic nitrogens is 1. The summed E-state index contributed by atoms with van der Waals surface area (Å²) in [5, 5.41) is 3.06. The Hall–Kier alpha value is -2.30. The van der Waals surface area contributed by atoms with E-state index in [4.69, 9.17) is 9.15 Å². The first-order chi connectivity index (χ1) is 10.4. The highest BCUT2D eigenvalue weighted by Crippen LogP contribution is 2.39. The van der Waals surface area contributed by atoms with Crippen LogP contribution in [0.4, 0.5) is 0 Å². The van der Waals surface area contributed by atoms with E-state index in [9.17, 15) is 4.79 Å². The molecule has 0 radical (unpaired) electrons. The minimum atomic E-state index is -0.334. The number of hydrogen-bond acceptors (Lipinski definition) is 4. The monoisotopic (exact) mass is 300 g/mol. The predicted molar refractivity (Wildman–Crippen MR) is 82.0 cm³/mol. The van der Waals surface area contributed by atoms with Crippen molar-refractivity contribution in [3.8, 4) is 5.75 Å². The Morgan fingerprint density at radius 1 is 1.36 bits per heavy atom. The maximum atomic E-state index is 12.4. The molecule has 5 nitrogen and oxygen atoms in total. The standard InChI is InChI=1S/C17H20N2O3/c1-10-5-6-14-12(7-10)13(8-17(3,4)22-14)19-16(20)15-11(2)21-9-18-15/h5-7,9,13H,8H2,1-4H3,(H,19,20)/t13-/m1/s1. The second-order valence-electron chi connectivity index (χ2n) is 6.39. The smallest absolute Gasteiger partial charge is 0.274 e. The van der Waals surface area contributed by atoms with Gasteiger partial charge >= 0.3 is 0 Å². The minimum absolute atomic E-state index is 0.109. The molecule has 0 saturated carbocycles. The molecule has 1 aromatic carbocycles. The van der Waals surface area contributed by atoms with Crippen LogP contribution in [0.5, 0.6) is 5.75 Å². The number of benzene rings is 1. The fourth-order valence-electron chi connectivity index (χ4n) is 2.85. The third-order valence-electron chi connectivity index (χ3n) is 3.89. The third-order valence-corrected chi connectivity index (χ3v) is 3.89. The fourth-order valence-corrected chi connectivity index (χ4v) is 2.85. The van der Waals surface area contributed by atoms with Gasteiger partial charge in [0.15, 0.2) is 12.1 Å². The van der Waals surface area contributed by atoms with Crippen molar-refractivity contribution in [2.45, 2.75) is 45.8 Å². The number of aryl methyl sites for hydroxylation is 2. The summed E-state index contributed by atoms with van der Waals surface area (Å²) in [6.07, 6.45) is 1.99. The van der Waals surface area contributed by atoms with Crippen LogP contribution in [-0.4, -0.2) is 16.5 Å². The number of carbonyl (C=O) groups excluding carboxylic acids is 1. The molecule has 0 saturated heterocycles. The van der Waals surface area contributed by atoms with Gasteiger partial charge in [0.05, 0.1) is 6.04 Å². The Kier molecular flexibility index (Phi) is 3.43. The lowest BCUT2D eigenvalue weighted by molar-refractivity contribution is 0.0617. The van der Waals surface area contributed by atoms with Gasteiger partial charge < -0.3 is 14.5 Å². The topological polar surface area (TPSA) is 64.4 Å². The van der Waals surface area contributed by atoms with Gasteiger partial charge in [-0.1, -0.05) is 17.7 Å². The molecular formula is C17H20N2O3. The Labute approximate surface area is 129 Å². The second-order valence-corrected chi connectivity index (χ2v) is 6.39. The molecule has 22 heavy (non-hydrogen) atoms. The molecule has 3 rings (SSSR count). The molecule has 0 unspecified atom stereocenters. The first-order valence-electron chi connectivity index (χ1n) is 7.36. The van der Waals surface area contributed by atoms with Crippen LogP contribution in [0.25, 0.3) is 0 Å². The van der Waals surface area contributed by atoms with Gasteiger partial charge in [-0.2, -0.15) is 0 Å². The van der Waals surface area contributed by atoms with Crippen molar-refractivity contribution in [1.82, 2.24) is 10.3 Å². The number of fused-ring (bicyclic) bond motifs is 1. The fraction of sp³-hybridized carbons (Fsp3) is 0.412. The molecule has 1 aromatic heterocycles. The van der Waals surface area contributed by atoms with Gasteiger partial charge in [-0.05, 0) is 33.8 Å². The number of nitrogens with zero attached hydrogens (tertiary/aromatic N) is 1. The van der Waals surface area contributed by atoms with Crippen molar-refractivity contribution in [1.29, 1.82) is 0 Å². The average Bonchev–Trinajstić information content (AvgIpc) is 2.85. The number of amides is 1. The van der Waals surface area contributed by atoms with Crippen molar-refractivity contribution in [2.24, 2.45) is 0 Å². The van der Waals surface area contributed by atoms with Crippen LogP contribution in [0.1, 0.15) is 53.7 Å². The molecule has 1 aliphatic heterocycles. The summed E-state index contributed by atoms with van der Waals surface area (Å²) in [6, 6.07) is 5.93. The molecular weight excluding hydrogens is 280 g/mol. The summed E-state index contributed by atoms with van der Waals surface area (Å²) >= 11 is 0. The quantitative estimate of drug-likeness (QED) is 0.924. The molecule has 1 N–H and O–H groups in total. The summed E-state index contributed by atoms with van der Waals surface area (Å²) in [6.45, 7) is 7.81. The van der Waals surface area contributed by atoms with Crippen LogP contribution in [0.3, 0.4) is 0 Å². The third kappa shape index (κ3) is 2.71. The number of ether oxygens (including phenoxy) is 1. The first kappa shape index (κ1) is 14.6. The van der Waals surface area contributed by atoms with Gasteiger partial charge in [0.25, 0.3) is 5.91 Å². The van der Waals surface area contributed by atoms with E-state index >= 15 is 0 Å². The highest BCUT2D eigenvalue weighted by molar-refractivity contribution is 5.93. The number of rotatable bonds is 2. The van der Waals surface area contributed by atoms with Crippen LogP contribution in [0.2, 0.25) is 0 Å². The van der Waals surface area contributed by atoms with Gasteiger partial charge in [0.1, 0.15) is 17.1 Å². The molecule has 0 fully saturated rings. The Morgan fingerprint density at radius 3 is 2.82 bits per heavy atom. The van der Waals surface area contributed by atoms with Crippen LogP contribution in [0.15, 0.2) is 29.0 Å². The number of carbonyl (C=O) groups is 1. The van der Waals surface area contributed by atoms with Gasteiger partial charge in [-0.3, -0.25) is 4.79 Å². The van der Waals surface area contributed by atoms with Crippen molar-refractivity contribution in [3.05, 3.63) is 47.2 Å². The van der Waals surface area contributed by atoms with E-state index in [1.165, 1.54) is 6.39 Å². The molecule has 2 heterocycles. The summed E-state index contributed by atoms with van der Waals surface area (Å²) in [5.41, 5.74) is 2.14. The maximum Gasteiger partial charge on any atom is 0.274 e. The molecule has 1 aliphatic rings. The van der Waals surface area contributed by atoms with Crippen LogP contribution >= 0.6 is 0 Å².